The summed E-state index contributed by atoms with van der Waals surface area (Å²) in [5, 5.41) is 4.20. The molecule has 3 heteroatoms. The lowest BCUT2D eigenvalue weighted by Crippen LogP contribution is -1.89. The molecule has 0 radical (unpaired) electrons. The van der Waals surface area contributed by atoms with E-state index < -0.39 is 0 Å². The Balaban J connectivity index is 2.13. The van der Waals surface area contributed by atoms with Gasteiger partial charge in [-0.05, 0) is 30.3 Å². The van der Waals surface area contributed by atoms with Crippen molar-refractivity contribution in [2.24, 2.45) is 0 Å². The molecule has 0 aliphatic carbocycles. The van der Waals surface area contributed by atoms with Crippen molar-refractivity contribution in [1.82, 2.24) is 9.97 Å². The highest BCUT2D eigenvalue weighted by Crippen LogP contribution is 2.22. The SMILES string of the molecule is CNc1cccc(-c2ccc3cnccc3n2)c1. The van der Waals surface area contributed by atoms with Gasteiger partial charge < -0.3 is 5.32 Å². The fraction of sp³-hybridized carbons (Fsp3) is 0.0667. The Bertz CT molecular complexity index is 692. The van der Waals surface area contributed by atoms with Crippen LogP contribution in [0.3, 0.4) is 0 Å². The number of benzene rings is 1. The van der Waals surface area contributed by atoms with Crippen molar-refractivity contribution in [2.75, 3.05) is 12.4 Å². The van der Waals surface area contributed by atoms with Crippen molar-refractivity contribution in [3.63, 3.8) is 0 Å². The summed E-state index contributed by atoms with van der Waals surface area (Å²) in [5.74, 6) is 0. The Morgan fingerprint density at radius 2 is 2.00 bits per heavy atom. The average Bonchev–Trinajstić information content (AvgIpc) is 2.47. The summed E-state index contributed by atoms with van der Waals surface area (Å²) < 4.78 is 0. The van der Waals surface area contributed by atoms with Gasteiger partial charge in [0.05, 0.1) is 11.2 Å². The molecule has 0 amide bonds. The smallest absolute Gasteiger partial charge is 0.0740 e. The highest BCUT2D eigenvalue weighted by atomic mass is 14.8. The molecule has 3 nitrogen and oxygen atoms in total. The minimum absolute atomic E-state index is 0.970. The highest BCUT2D eigenvalue weighted by molar-refractivity contribution is 5.80. The van der Waals surface area contributed by atoms with E-state index in [1.54, 1.807) is 6.20 Å². The standard InChI is InChI=1S/C15H13N3/c1-16-13-4-2-3-11(9-13)14-6-5-12-10-17-8-7-15(12)18-14/h2-10,16H,1H3. The number of anilines is 1. The molecule has 0 spiro atoms. The van der Waals surface area contributed by atoms with Crippen molar-refractivity contribution in [3.8, 4) is 11.3 Å². The van der Waals surface area contributed by atoms with Crippen molar-refractivity contribution in [2.45, 2.75) is 0 Å². The van der Waals surface area contributed by atoms with Crippen molar-refractivity contribution < 1.29 is 0 Å². The molecule has 0 bridgehead atoms. The van der Waals surface area contributed by atoms with Gasteiger partial charge in [-0.3, -0.25) is 4.98 Å². The lowest BCUT2D eigenvalue weighted by atomic mass is 10.1. The van der Waals surface area contributed by atoms with Gasteiger partial charge in [-0.25, -0.2) is 4.98 Å². The van der Waals surface area contributed by atoms with E-state index in [0.717, 1.165) is 27.8 Å². The minimum atomic E-state index is 0.970. The first-order valence-corrected chi connectivity index (χ1v) is 5.86. The molecule has 18 heavy (non-hydrogen) atoms. The molecule has 2 heterocycles. The quantitative estimate of drug-likeness (QED) is 0.740. The minimum Gasteiger partial charge on any atom is -0.388 e. The summed E-state index contributed by atoms with van der Waals surface area (Å²) in [7, 11) is 1.92. The molecule has 2 aromatic heterocycles. The lowest BCUT2D eigenvalue weighted by molar-refractivity contribution is 1.32. The maximum atomic E-state index is 4.65. The van der Waals surface area contributed by atoms with E-state index in [9.17, 15) is 0 Å². The normalized spacial score (nSPS) is 10.5. The molecule has 0 unspecified atom stereocenters. The van der Waals surface area contributed by atoms with Crippen LogP contribution in [0, 0.1) is 0 Å². The Morgan fingerprint density at radius 1 is 1.06 bits per heavy atom. The summed E-state index contributed by atoms with van der Waals surface area (Å²) in [4.78, 5) is 8.75. The van der Waals surface area contributed by atoms with Gasteiger partial charge in [-0.1, -0.05) is 12.1 Å². The Labute approximate surface area is 106 Å². The monoisotopic (exact) mass is 235 g/mol. The fourth-order valence-corrected chi connectivity index (χ4v) is 1.96. The zero-order chi connectivity index (χ0) is 12.4. The van der Waals surface area contributed by atoms with Crippen LogP contribution in [-0.2, 0) is 0 Å². The second-order valence-electron chi connectivity index (χ2n) is 4.10. The number of aromatic nitrogens is 2. The molecule has 3 rings (SSSR count). The summed E-state index contributed by atoms with van der Waals surface area (Å²) in [6, 6.07) is 14.2. The first-order chi connectivity index (χ1) is 8.86. The number of pyridine rings is 2. The Morgan fingerprint density at radius 3 is 2.89 bits per heavy atom. The Hall–Kier alpha value is -2.42. The molecule has 0 atom stereocenters. The summed E-state index contributed by atoms with van der Waals surface area (Å²) in [5.41, 5.74) is 4.15. The molecule has 0 saturated carbocycles. The summed E-state index contributed by atoms with van der Waals surface area (Å²) >= 11 is 0. The molecule has 0 aliphatic heterocycles. The number of nitrogens with zero attached hydrogens (tertiary/aromatic N) is 2. The van der Waals surface area contributed by atoms with Crippen LogP contribution in [0.4, 0.5) is 5.69 Å². The topological polar surface area (TPSA) is 37.8 Å². The lowest BCUT2D eigenvalue weighted by Gasteiger charge is -2.05. The van der Waals surface area contributed by atoms with E-state index >= 15 is 0 Å². The molecule has 0 aliphatic rings. The van der Waals surface area contributed by atoms with E-state index in [0.29, 0.717) is 0 Å². The number of hydrogen-bond donors (Lipinski definition) is 1. The molecular weight excluding hydrogens is 222 g/mol. The number of fused-ring (bicyclic) bond motifs is 1. The zero-order valence-corrected chi connectivity index (χ0v) is 10.1. The molecule has 1 N–H and O–H groups in total. The van der Waals surface area contributed by atoms with Gasteiger partial charge >= 0.3 is 0 Å². The van der Waals surface area contributed by atoms with Crippen LogP contribution >= 0.6 is 0 Å². The largest absolute Gasteiger partial charge is 0.388 e. The number of nitrogens with one attached hydrogen (secondary N) is 1. The fourth-order valence-electron chi connectivity index (χ4n) is 1.96. The maximum Gasteiger partial charge on any atom is 0.0740 e. The van der Waals surface area contributed by atoms with Crippen molar-refractivity contribution >= 4 is 16.6 Å². The Kier molecular flexibility index (Phi) is 2.65. The van der Waals surface area contributed by atoms with Crippen LogP contribution in [0.5, 0.6) is 0 Å². The van der Waals surface area contributed by atoms with Crippen LogP contribution in [0.1, 0.15) is 0 Å². The second kappa shape index (κ2) is 4.45. The van der Waals surface area contributed by atoms with Crippen LogP contribution in [0.15, 0.2) is 54.9 Å². The van der Waals surface area contributed by atoms with Crippen molar-refractivity contribution in [1.29, 1.82) is 0 Å². The van der Waals surface area contributed by atoms with E-state index in [1.165, 1.54) is 0 Å². The zero-order valence-electron chi connectivity index (χ0n) is 10.1. The first kappa shape index (κ1) is 10.7. The van der Waals surface area contributed by atoms with Gasteiger partial charge in [0.1, 0.15) is 0 Å². The van der Waals surface area contributed by atoms with E-state index in [1.807, 2.05) is 37.5 Å². The molecule has 1 aromatic carbocycles. The summed E-state index contributed by atoms with van der Waals surface area (Å²) in [6.07, 6.45) is 3.60. The van der Waals surface area contributed by atoms with Crippen LogP contribution in [0.2, 0.25) is 0 Å². The molecule has 0 saturated heterocycles. The van der Waals surface area contributed by atoms with Gasteiger partial charge in [0.25, 0.3) is 0 Å². The predicted molar refractivity (Wildman–Crippen MR) is 74.5 cm³/mol. The molecule has 3 aromatic rings. The highest BCUT2D eigenvalue weighted by Gasteiger charge is 2.02. The average molecular weight is 235 g/mol. The van der Waals surface area contributed by atoms with E-state index in [2.05, 4.69) is 33.5 Å². The van der Waals surface area contributed by atoms with Gasteiger partial charge in [0, 0.05) is 36.1 Å². The third-order valence-corrected chi connectivity index (χ3v) is 2.94. The molecule has 88 valence electrons. The first-order valence-electron chi connectivity index (χ1n) is 5.86. The third-order valence-electron chi connectivity index (χ3n) is 2.94. The summed E-state index contributed by atoms with van der Waals surface area (Å²) in [6.45, 7) is 0. The van der Waals surface area contributed by atoms with Gasteiger partial charge in [0.2, 0.25) is 0 Å². The maximum absolute atomic E-state index is 4.65. The van der Waals surface area contributed by atoms with Crippen LogP contribution < -0.4 is 5.32 Å². The van der Waals surface area contributed by atoms with E-state index in [4.69, 9.17) is 0 Å². The van der Waals surface area contributed by atoms with Gasteiger partial charge in [-0.2, -0.15) is 0 Å². The number of rotatable bonds is 2. The van der Waals surface area contributed by atoms with E-state index in [-0.39, 0.29) is 0 Å². The number of hydrogen-bond acceptors (Lipinski definition) is 3. The van der Waals surface area contributed by atoms with Crippen molar-refractivity contribution in [3.05, 3.63) is 54.9 Å². The molecular formula is C15H13N3. The molecule has 0 fully saturated rings. The second-order valence-corrected chi connectivity index (χ2v) is 4.10. The van der Waals surface area contributed by atoms with Crippen LogP contribution in [0.25, 0.3) is 22.2 Å². The third kappa shape index (κ3) is 1.91. The van der Waals surface area contributed by atoms with Crippen LogP contribution in [-0.4, -0.2) is 17.0 Å². The predicted octanol–water partition coefficient (Wildman–Crippen LogP) is 3.34. The van der Waals surface area contributed by atoms with Gasteiger partial charge in [-0.15, -0.1) is 0 Å². The van der Waals surface area contributed by atoms with Gasteiger partial charge in [0.15, 0.2) is 0 Å².